The summed E-state index contributed by atoms with van der Waals surface area (Å²) >= 11 is 18.6. The molecule has 3 aromatic rings. The van der Waals surface area contributed by atoms with E-state index in [1.807, 2.05) is 4.98 Å². The molecule has 3 heterocycles. The van der Waals surface area contributed by atoms with Gasteiger partial charge in [0.2, 0.25) is 0 Å². The highest BCUT2D eigenvalue weighted by atomic mass is 35.5. The van der Waals surface area contributed by atoms with Crippen LogP contribution < -0.4 is 15.2 Å². The molecule has 0 atom stereocenters. The number of nitrogens with one attached hydrogen (secondary N) is 1. The van der Waals surface area contributed by atoms with Crippen molar-refractivity contribution in [2.24, 2.45) is 0 Å². The zero-order valence-corrected chi connectivity index (χ0v) is 23.8. The smallest absolute Gasteiger partial charge is 0.414 e. The zero-order valence-electron chi connectivity index (χ0n) is 20.7. The maximum Gasteiger partial charge on any atom is 0.414 e. The number of rotatable bonds is 6. The number of methoxy groups -OCH3 is 1. The summed E-state index contributed by atoms with van der Waals surface area (Å²) in [7, 11) is 1.47. The third kappa shape index (κ3) is 5.47. The number of carbonyl (C=O) groups excluding carboxylic acids is 2. The van der Waals surface area contributed by atoms with E-state index in [0.717, 1.165) is 29.0 Å². The lowest BCUT2D eigenvalue weighted by atomic mass is 10.1. The van der Waals surface area contributed by atoms with Crippen LogP contribution >= 0.6 is 46.6 Å². The van der Waals surface area contributed by atoms with Gasteiger partial charge in [0.25, 0.3) is 11.5 Å². The fraction of sp³-hybridized carbons (Fsp3) is 0.269. The Morgan fingerprint density at radius 2 is 1.80 bits per heavy atom. The van der Waals surface area contributed by atoms with Gasteiger partial charge >= 0.3 is 11.5 Å². The molecule has 2 aliphatic rings. The molecule has 2 aliphatic heterocycles. The molecular formula is C26H20Cl3F2N3O5S. The van der Waals surface area contributed by atoms with Gasteiger partial charge in [-0.15, -0.1) is 0 Å². The molecule has 1 N–H and O–H groups in total. The van der Waals surface area contributed by atoms with Crippen molar-refractivity contribution >= 4 is 64.3 Å². The summed E-state index contributed by atoms with van der Waals surface area (Å²) < 4.78 is 38.7. The minimum atomic E-state index is -3.90. The third-order valence-corrected chi connectivity index (χ3v) is 8.66. The molecule has 5 rings (SSSR count). The van der Waals surface area contributed by atoms with Gasteiger partial charge in [-0.3, -0.25) is 14.5 Å². The van der Waals surface area contributed by atoms with Gasteiger partial charge < -0.3 is 19.4 Å². The average Bonchev–Trinajstić information content (AvgIpc) is 3.32. The number of benzene rings is 2. The molecule has 2 aromatic carbocycles. The number of alkyl halides is 3. The number of aromatic amines is 1. The lowest BCUT2D eigenvalue weighted by Crippen LogP contribution is -2.38. The van der Waals surface area contributed by atoms with E-state index in [-0.39, 0.29) is 38.5 Å². The minimum absolute atomic E-state index is 0.0932. The van der Waals surface area contributed by atoms with Crippen molar-refractivity contribution < 1.29 is 27.8 Å². The molecule has 0 radical (unpaired) electrons. The number of cyclic esters (lactones) is 1. The van der Waals surface area contributed by atoms with Crippen LogP contribution in [0.5, 0.6) is 5.75 Å². The van der Waals surface area contributed by atoms with E-state index in [0.29, 0.717) is 31.0 Å². The maximum atomic E-state index is 14.0. The Bertz CT molecular complexity index is 1560. The highest BCUT2D eigenvalue weighted by molar-refractivity contribution is 7.99. The van der Waals surface area contributed by atoms with Crippen molar-refractivity contribution in [3.8, 4) is 5.75 Å². The van der Waals surface area contributed by atoms with Crippen LogP contribution in [0.2, 0.25) is 10.0 Å². The Kier molecular flexibility index (Phi) is 7.93. The Labute approximate surface area is 246 Å². The minimum Gasteiger partial charge on any atom is -0.495 e. The van der Waals surface area contributed by atoms with Crippen molar-refractivity contribution in [3.63, 3.8) is 0 Å². The van der Waals surface area contributed by atoms with E-state index in [1.54, 1.807) is 30.3 Å². The quantitative estimate of drug-likeness (QED) is 0.308. The van der Waals surface area contributed by atoms with Crippen molar-refractivity contribution in [1.29, 1.82) is 0 Å². The first-order valence-corrected chi connectivity index (χ1v) is 13.8. The summed E-state index contributed by atoms with van der Waals surface area (Å²) in [4.78, 5) is 44.3. The molecule has 2 amide bonds. The number of pyridine rings is 1. The lowest BCUT2D eigenvalue weighted by Gasteiger charge is -2.28. The number of hydrogen-bond donors (Lipinski definition) is 1. The largest absolute Gasteiger partial charge is 0.495 e. The van der Waals surface area contributed by atoms with Gasteiger partial charge in [-0.25, -0.2) is 4.79 Å². The number of ether oxygens (including phenoxy) is 2. The van der Waals surface area contributed by atoms with E-state index in [1.165, 1.54) is 16.9 Å². The molecule has 1 aromatic heterocycles. The molecular weight excluding hydrogens is 611 g/mol. The Morgan fingerprint density at radius 3 is 2.42 bits per heavy atom. The van der Waals surface area contributed by atoms with Crippen LogP contribution in [0.3, 0.4) is 0 Å². The van der Waals surface area contributed by atoms with Crippen LogP contribution in [0, 0.1) is 0 Å². The summed E-state index contributed by atoms with van der Waals surface area (Å²) in [6, 6.07) is 9.10. The summed E-state index contributed by atoms with van der Waals surface area (Å²) in [5.74, 6) is -0.284. The molecule has 1 fully saturated rings. The Morgan fingerprint density at radius 1 is 1.12 bits per heavy atom. The third-order valence-electron chi connectivity index (χ3n) is 6.42. The van der Waals surface area contributed by atoms with Crippen LogP contribution in [0.1, 0.15) is 33.6 Å². The average molecular weight is 631 g/mol. The predicted octanol–water partition coefficient (Wildman–Crippen LogP) is 6.63. The molecule has 0 aliphatic carbocycles. The van der Waals surface area contributed by atoms with Gasteiger partial charge in [0.05, 0.1) is 29.4 Å². The van der Waals surface area contributed by atoms with Crippen LogP contribution in [-0.4, -0.2) is 42.1 Å². The molecule has 40 heavy (non-hydrogen) atoms. The molecule has 0 unspecified atom stereocenters. The van der Waals surface area contributed by atoms with E-state index in [4.69, 9.17) is 44.3 Å². The molecule has 14 heteroatoms. The van der Waals surface area contributed by atoms with Gasteiger partial charge in [0.1, 0.15) is 17.0 Å². The second-order valence-electron chi connectivity index (χ2n) is 8.98. The maximum absolute atomic E-state index is 14.0. The zero-order chi connectivity index (χ0) is 28.8. The summed E-state index contributed by atoms with van der Waals surface area (Å²) in [5, 5.41) is -3.48. The number of amides is 2. The first-order valence-electron chi connectivity index (χ1n) is 11.9. The molecule has 0 saturated carbocycles. The summed E-state index contributed by atoms with van der Waals surface area (Å²) in [5.41, 5.74) is -0.330. The molecule has 8 nitrogen and oxygen atoms in total. The van der Waals surface area contributed by atoms with Crippen molar-refractivity contribution in [3.05, 3.63) is 79.2 Å². The number of carbonyl (C=O) groups is 2. The van der Waals surface area contributed by atoms with E-state index in [9.17, 15) is 23.2 Å². The number of hydrogen-bond acceptors (Lipinski definition) is 6. The van der Waals surface area contributed by atoms with E-state index in [2.05, 4.69) is 0 Å². The second-order valence-corrected chi connectivity index (χ2v) is 11.3. The molecule has 0 bridgehead atoms. The first kappa shape index (κ1) is 28.5. The fourth-order valence-corrected chi connectivity index (χ4v) is 6.26. The topological polar surface area (TPSA) is 91.9 Å². The highest BCUT2D eigenvalue weighted by Gasteiger charge is 2.35. The van der Waals surface area contributed by atoms with Gasteiger partial charge in [-0.05, 0) is 59.5 Å². The molecule has 210 valence electrons. The number of aromatic nitrogens is 1. The van der Waals surface area contributed by atoms with Gasteiger partial charge in [-0.2, -0.15) is 8.78 Å². The van der Waals surface area contributed by atoms with Gasteiger partial charge in [-0.1, -0.05) is 41.0 Å². The standard InChI is InChI=1S/C26H20Cl3F2N3O5S/c1-38-18-9-14-12-33(11-13(14)8-17(18)34-6-3-7-39-25(34)37)24(36)21-19(10-20(26(29,30)31)32-23(21)35)40-22-15(27)4-2-5-16(22)28/h2,4-5,8-10H,3,6-7,11-12H2,1H3,(H,32,35). The number of halogens is 5. The number of nitrogens with zero attached hydrogens (tertiary/aromatic N) is 2. The monoisotopic (exact) mass is 629 g/mol. The Hall–Kier alpha value is -2.99. The highest BCUT2D eigenvalue weighted by Crippen LogP contribution is 2.42. The lowest BCUT2D eigenvalue weighted by molar-refractivity contribution is 0.0740. The van der Waals surface area contributed by atoms with Crippen LogP contribution in [0.4, 0.5) is 19.3 Å². The van der Waals surface area contributed by atoms with E-state index < -0.39 is 28.6 Å². The second kappa shape index (κ2) is 11.1. The van der Waals surface area contributed by atoms with Crippen LogP contribution in [0.15, 0.2) is 51.0 Å². The van der Waals surface area contributed by atoms with Gasteiger partial charge in [0, 0.05) is 29.4 Å². The number of H-pyrrole nitrogens is 1. The van der Waals surface area contributed by atoms with Crippen LogP contribution in [-0.2, 0) is 23.2 Å². The predicted molar refractivity (Wildman–Crippen MR) is 147 cm³/mol. The molecule has 1 saturated heterocycles. The molecule has 0 spiro atoms. The first-order chi connectivity index (χ1) is 19.0. The SMILES string of the molecule is COc1cc2c(cc1N1CCCOC1=O)CN(C(=O)c1c(Sc3c(Cl)cccc3Cl)cc(C(F)(F)Cl)[nH]c1=O)C2. The fourth-order valence-electron chi connectivity index (χ4n) is 4.52. The summed E-state index contributed by atoms with van der Waals surface area (Å²) in [6.07, 6.45) is 0.144. The van der Waals surface area contributed by atoms with Crippen molar-refractivity contribution in [2.75, 3.05) is 25.2 Å². The normalized spacial score (nSPS) is 15.2. The van der Waals surface area contributed by atoms with Crippen molar-refractivity contribution in [1.82, 2.24) is 9.88 Å². The van der Waals surface area contributed by atoms with Crippen LogP contribution in [0.25, 0.3) is 0 Å². The van der Waals surface area contributed by atoms with Crippen molar-refractivity contribution in [2.45, 2.75) is 34.7 Å². The number of anilines is 1. The Balaban J connectivity index is 1.52. The number of fused-ring (bicyclic) bond motifs is 1. The van der Waals surface area contributed by atoms with E-state index >= 15 is 0 Å². The summed E-state index contributed by atoms with van der Waals surface area (Å²) in [6.45, 7) is 0.972. The van der Waals surface area contributed by atoms with Gasteiger partial charge in [0.15, 0.2) is 0 Å².